The maximum Gasteiger partial charge on any atom is 0.256 e. The van der Waals surface area contributed by atoms with E-state index in [1.807, 2.05) is 12.1 Å². The molecule has 0 atom stereocenters. The zero-order chi connectivity index (χ0) is 17.4. The van der Waals surface area contributed by atoms with E-state index in [1.165, 1.54) is 31.5 Å². The van der Waals surface area contributed by atoms with E-state index in [-0.39, 0.29) is 5.56 Å². The number of aromatic nitrogens is 2. The second kappa shape index (κ2) is 9.26. The van der Waals surface area contributed by atoms with Gasteiger partial charge in [0.25, 0.3) is 5.82 Å². The van der Waals surface area contributed by atoms with Crippen molar-refractivity contribution in [2.45, 2.75) is 65.5 Å². The Morgan fingerprint density at radius 3 is 2.46 bits per heavy atom. The molecule has 1 heterocycles. The Balaban J connectivity index is 2.11. The average molecular weight is 328 g/mol. The number of nitrogens with zero attached hydrogens (tertiary/aromatic N) is 2. The minimum absolute atomic E-state index is 0.229. The van der Waals surface area contributed by atoms with Crippen LogP contribution < -0.4 is 9.67 Å². The molecule has 0 aliphatic heterocycles. The number of hydrogen-bond acceptors (Lipinski definition) is 2. The first-order chi connectivity index (χ1) is 11.7. The Hall–Kier alpha value is -2.10. The molecule has 4 heteroatoms. The first-order valence-corrected chi connectivity index (χ1v) is 9.03. The smallest absolute Gasteiger partial charge is 0.256 e. The highest BCUT2D eigenvalue weighted by atomic mass is 16.4. The highest BCUT2D eigenvalue weighted by Gasteiger charge is 2.16. The van der Waals surface area contributed by atoms with Crippen molar-refractivity contribution in [3.05, 3.63) is 53.6 Å². The summed E-state index contributed by atoms with van der Waals surface area (Å²) in [5.74, 6) is 0.233. The van der Waals surface area contributed by atoms with Crippen LogP contribution in [0.15, 0.2) is 36.7 Å². The summed E-state index contributed by atoms with van der Waals surface area (Å²) in [5, 5.41) is 10.9. The molecule has 4 nitrogen and oxygen atoms in total. The molecule has 0 spiro atoms. The van der Waals surface area contributed by atoms with Gasteiger partial charge in [0, 0.05) is 6.42 Å². The van der Waals surface area contributed by atoms with Crippen molar-refractivity contribution in [2.24, 2.45) is 0 Å². The minimum Gasteiger partial charge on any atom is -0.545 e. The molecular weight excluding hydrogens is 300 g/mol. The summed E-state index contributed by atoms with van der Waals surface area (Å²) in [4.78, 5) is 10.9. The van der Waals surface area contributed by atoms with Gasteiger partial charge in [-0.2, -0.15) is 0 Å². The molecule has 0 radical (unpaired) electrons. The van der Waals surface area contributed by atoms with Gasteiger partial charge in [-0.25, -0.2) is 9.13 Å². The highest BCUT2D eigenvalue weighted by molar-refractivity contribution is 5.85. The molecule has 2 rings (SSSR count). The van der Waals surface area contributed by atoms with E-state index in [2.05, 4.69) is 35.4 Å². The van der Waals surface area contributed by atoms with Crippen molar-refractivity contribution in [3.63, 3.8) is 0 Å². The first kappa shape index (κ1) is 18.2. The van der Waals surface area contributed by atoms with E-state index in [1.54, 1.807) is 12.1 Å². The predicted molar refractivity (Wildman–Crippen MR) is 92.6 cm³/mol. The van der Waals surface area contributed by atoms with E-state index in [0.717, 1.165) is 31.5 Å². The van der Waals surface area contributed by atoms with Crippen LogP contribution in [0.2, 0.25) is 0 Å². The summed E-state index contributed by atoms with van der Waals surface area (Å²) in [5.41, 5.74) is 1.33. The van der Waals surface area contributed by atoms with Crippen LogP contribution >= 0.6 is 0 Å². The molecule has 0 amide bonds. The molecule has 24 heavy (non-hydrogen) atoms. The number of aromatic carboxylic acids is 1. The number of benzene rings is 1. The summed E-state index contributed by atoms with van der Waals surface area (Å²) in [6.07, 6.45) is 11.5. The van der Waals surface area contributed by atoms with E-state index in [9.17, 15) is 9.90 Å². The van der Waals surface area contributed by atoms with Crippen molar-refractivity contribution < 1.29 is 14.5 Å². The number of carbonyl (C=O) groups excluding carboxylic acids is 1. The van der Waals surface area contributed by atoms with Crippen LogP contribution in [0.5, 0.6) is 0 Å². The van der Waals surface area contributed by atoms with Gasteiger partial charge in [-0.05, 0) is 24.0 Å². The number of rotatable bonds is 10. The fourth-order valence-electron chi connectivity index (χ4n) is 3.03. The summed E-state index contributed by atoms with van der Waals surface area (Å²) in [6.45, 7) is 6.24. The summed E-state index contributed by atoms with van der Waals surface area (Å²) >= 11 is 0. The molecule has 0 N–H and O–H groups in total. The maximum atomic E-state index is 10.9. The molecule has 0 unspecified atom stereocenters. The molecule has 0 saturated carbocycles. The van der Waals surface area contributed by atoms with Gasteiger partial charge in [0.15, 0.2) is 0 Å². The van der Waals surface area contributed by atoms with Gasteiger partial charge >= 0.3 is 0 Å². The molecular formula is C20H28N2O2. The van der Waals surface area contributed by atoms with E-state index in [4.69, 9.17) is 0 Å². The van der Waals surface area contributed by atoms with Crippen molar-refractivity contribution in [3.8, 4) is 0 Å². The normalized spacial score (nSPS) is 10.9. The zero-order valence-electron chi connectivity index (χ0n) is 14.8. The van der Waals surface area contributed by atoms with Crippen LogP contribution in [0.25, 0.3) is 0 Å². The fraction of sp³-hybridized carbons (Fsp3) is 0.500. The number of unbranched alkanes of at least 4 members (excludes halogenated alkanes) is 3. The predicted octanol–water partition coefficient (Wildman–Crippen LogP) is 2.72. The molecule has 1 aromatic heterocycles. The van der Waals surface area contributed by atoms with Gasteiger partial charge in [0.05, 0.1) is 12.5 Å². The molecule has 1 aromatic carbocycles. The van der Waals surface area contributed by atoms with E-state index >= 15 is 0 Å². The van der Waals surface area contributed by atoms with Gasteiger partial charge < -0.3 is 9.90 Å². The Morgan fingerprint density at radius 1 is 1.08 bits per heavy atom. The highest BCUT2D eigenvalue weighted by Crippen LogP contribution is 2.09. The fourth-order valence-corrected chi connectivity index (χ4v) is 3.03. The lowest BCUT2D eigenvalue weighted by molar-refractivity contribution is -0.695. The van der Waals surface area contributed by atoms with Crippen LogP contribution in [0, 0.1) is 0 Å². The van der Waals surface area contributed by atoms with Crippen molar-refractivity contribution >= 4 is 5.97 Å². The number of carbonyl (C=O) groups is 1. The van der Waals surface area contributed by atoms with Crippen molar-refractivity contribution in [2.75, 3.05) is 0 Å². The van der Waals surface area contributed by atoms with Crippen LogP contribution in [-0.2, 0) is 19.5 Å². The van der Waals surface area contributed by atoms with Gasteiger partial charge in [-0.15, -0.1) is 0 Å². The third kappa shape index (κ3) is 4.95. The minimum atomic E-state index is -1.13. The summed E-state index contributed by atoms with van der Waals surface area (Å²) < 4.78 is 4.64. The van der Waals surface area contributed by atoms with Gasteiger partial charge in [-0.1, -0.05) is 57.4 Å². The van der Waals surface area contributed by atoms with Gasteiger partial charge in [-0.3, -0.25) is 0 Å². The monoisotopic (exact) mass is 328 g/mol. The molecule has 0 aliphatic rings. The summed E-state index contributed by atoms with van der Waals surface area (Å²) in [6, 6.07) is 6.98. The zero-order valence-corrected chi connectivity index (χ0v) is 14.8. The molecule has 2 aromatic rings. The lowest BCUT2D eigenvalue weighted by atomic mass is 10.1. The molecule has 0 bridgehead atoms. The Bertz CT molecular complexity index is 644. The standard InChI is InChI=1S/C20H28N2O2/c1-3-5-6-7-8-19-21(13-4-2)14-15-22(19)16-17-9-11-18(12-10-17)20(23)24/h9-12,14-15H,3-8,13,16H2,1-2H3. The van der Waals surface area contributed by atoms with Crippen molar-refractivity contribution in [1.29, 1.82) is 0 Å². The number of carboxylic acid groups (broad SMARTS) is 1. The van der Waals surface area contributed by atoms with Crippen LogP contribution in [0.3, 0.4) is 0 Å². The number of hydrogen-bond donors (Lipinski definition) is 0. The SMILES string of the molecule is CCCCCCc1n(CCC)cc[n+]1Cc1ccc(C(=O)[O-])cc1. The Labute approximate surface area is 144 Å². The van der Waals surface area contributed by atoms with E-state index in [0.29, 0.717) is 0 Å². The van der Waals surface area contributed by atoms with Crippen LogP contribution in [0.4, 0.5) is 0 Å². The largest absolute Gasteiger partial charge is 0.545 e. The number of aryl methyl sites for hydroxylation is 1. The van der Waals surface area contributed by atoms with Gasteiger partial charge in [0.1, 0.15) is 18.9 Å². The van der Waals surface area contributed by atoms with Crippen LogP contribution in [0.1, 0.15) is 67.7 Å². The van der Waals surface area contributed by atoms with Gasteiger partial charge in [0.2, 0.25) is 0 Å². The Morgan fingerprint density at radius 2 is 1.83 bits per heavy atom. The third-order valence-corrected chi connectivity index (χ3v) is 4.35. The molecule has 0 saturated heterocycles. The quantitative estimate of drug-likeness (QED) is 0.497. The number of imidazole rings is 1. The van der Waals surface area contributed by atoms with Crippen molar-refractivity contribution in [1.82, 2.24) is 4.57 Å². The lowest BCUT2D eigenvalue weighted by Crippen LogP contribution is -2.38. The van der Waals surface area contributed by atoms with Crippen LogP contribution in [-0.4, -0.2) is 10.5 Å². The topological polar surface area (TPSA) is 48.9 Å². The molecule has 130 valence electrons. The molecule has 0 aliphatic carbocycles. The van der Waals surface area contributed by atoms with E-state index < -0.39 is 5.97 Å². The Kier molecular flexibility index (Phi) is 7.04. The second-order valence-electron chi connectivity index (χ2n) is 6.33. The number of carboxylic acids is 1. The molecule has 0 fully saturated rings. The summed E-state index contributed by atoms with van der Waals surface area (Å²) in [7, 11) is 0. The first-order valence-electron chi connectivity index (χ1n) is 9.03. The second-order valence-corrected chi connectivity index (χ2v) is 6.33. The maximum absolute atomic E-state index is 10.9. The third-order valence-electron chi connectivity index (χ3n) is 4.35. The lowest BCUT2D eigenvalue weighted by Gasteiger charge is -2.07. The average Bonchev–Trinajstić information content (AvgIpc) is 2.94.